The molecule has 0 unspecified atom stereocenters. The van der Waals surface area contributed by atoms with Crippen LogP contribution in [0.4, 0.5) is 24.5 Å². The Balaban J connectivity index is 1.71. The Morgan fingerprint density at radius 3 is 2.26 bits per heavy atom. The van der Waals surface area contributed by atoms with Crippen molar-refractivity contribution < 1.29 is 31.1 Å². The number of ether oxygens (including phenoxy) is 1. The van der Waals surface area contributed by atoms with Gasteiger partial charge in [0, 0.05) is 11.4 Å². The summed E-state index contributed by atoms with van der Waals surface area (Å²) in [7, 11) is -4.20. The molecule has 0 aliphatic rings. The molecule has 2 N–H and O–H groups in total. The molecule has 186 valence electrons. The molecule has 0 aliphatic carbocycles. The SMILES string of the molecule is CC[C@@H](Oc1ccccc1C)C(=O)Nc1ccc(S(=O)(=O)Nc2ccc(Cl)c(C(F)(F)F)c2)cc1. The highest BCUT2D eigenvalue weighted by Crippen LogP contribution is 2.36. The van der Waals surface area contributed by atoms with Crippen LogP contribution in [-0.2, 0) is 21.0 Å². The van der Waals surface area contributed by atoms with Gasteiger partial charge in [-0.2, -0.15) is 13.2 Å². The van der Waals surface area contributed by atoms with Gasteiger partial charge in [-0.05, 0) is 67.4 Å². The molecule has 0 bridgehead atoms. The normalized spacial score (nSPS) is 12.6. The number of rotatable bonds is 8. The van der Waals surface area contributed by atoms with E-state index in [2.05, 4.69) is 10.0 Å². The zero-order valence-corrected chi connectivity index (χ0v) is 20.3. The Hall–Kier alpha value is -3.24. The molecular formula is C24H22ClF3N2O4S. The largest absolute Gasteiger partial charge is 0.480 e. The zero-order valence-electron chi connectivity index (χ0n) is 18.7. The van der Waals surface area contributed by atoms with Crippen molar-refractivity contribution in [2.45, 2.75) is 37.4 Å². The summed E-state index contributed by atoms with van der Waals surface area (Å²) >= 11 is 5.57. The number of hydrogen-bond donors (Lipinski definition) is 2. The molecule has 0 radical (unpaired) electrons. The second-order valence-electron chi connectivity index (χ2n) is 7.59. The van der Waals surface area contributed by atoms with Gasteiger partial charge in [0.2, 0.25) is 0 Å². The Kier molecular flexibility index (Phi) is 7.97. The Bertz CT molecular complexity index is 1310. The number of carbonyl (C=O) groups is 1. The van der Waals surface area contributed by atoms with Crippen molar-refractivity contribution in [3.63, 3.8) is 0 Å². The lowest BCUT2D eigenvalue weighted by Crippen LogP contribution is -2.32. The van der Waals surface area contributed by atoms with Gasteiger partial charge < -0.3 is 10.1 Å². The molecule has 11 heteroatoms. The Morgan fingerprint density at radius 1 is 1.03 bits per heavy atom. The minimum atomic E-state index is -4.74. The van der Waals surface area contributed by atoms with Crippen molar-refractivity contribution in [1.29, 1.82) is 0 Å². The average molecular weight is 527 g/mol. The molecule has 3 aromatic rings. The summed E-state index contributed by atoms with van der Waals surface area (Å²) in [6.45, 7) is 3.66. The van der Waals surface area contributed by atoms with Crippen molar-refractivity contribution in [3.05, 3.63) is 82.9 Å². The number of benzene rings is 3. The van der Waals surface area contributed by atoms with Gasteiger partial charge >= 0.3 is 6.18 Å². The maximum Gasteiger partial charge on any atom is 0.417 e. The van der Waals surface area contributed by atoms with E-state index in [1.54, 1.807) is 19.1 Å². The predicted molar refractivity (Wildman–Crippen MR) is 128 cm³/mol. The fourth-order valence-corrected chi connectivity index (χ4v) is 4.40. The highest BCUT2D eigenvalue weighted by atomic mass is 35.5. The van der Waals surface area contributed by atoms with Crippen LogP contribution >= 0.6 is 11.6 Å². The molecule has 0 spiro atoms. The lowest BCUT2D eigenvalue weighted by molar-refractivity contribution is -0.137. The van der Waals surface area contributed by atoms with Gasteiger partial charge in [-0.15, -0.1) is 0 Å². The summed E-state index contributed by atoms with van der Waals surface area (Å²) in [6, 6.07) is 15.2. The monoisotopic (exact) mass is 526 g/mol. The van der Waals surface area contributed by atoms with E-state index >= 15 is 0 Å². The summed E-state index contributed by atoms with van der Waals surface area (Å²) in [6.07, 6.45) is -5.11. The van der Waals surface area contributed by atoms with Crippen molar-refractivity contribution >= 4 is 38.9 Å². The van der Waals surface area contributed by atoms with Gasteiger partial charge in [0.25, 0.3) is 15.9 Å². The fraction of sp³-hybridized carbons (Fsp3) is 0.208. The minimum absolute atomic E-state index is 0.206. The first-order chi connectivity index (χ1) is 16.4. The van der Waals surface area contributed by atoms with Gasteiger partial charge in [0.15, 0.2) is 6.10 Å². The van der Waals surface area contributed by atoms with Gasteiger partial charge in [-0.1, -0.05) is 36.7 Å². The van der Waals surface area contributed by atoms with E-state index in [1.165, 1.54) is 24.3 Å². The van der Waals surface area contributed by atoms with Crippen molar-refractivity contribution in [2.24, 2.45) is 0 Å². The summed E-state index contributed by atoms with van der Waals surface area (Å²) in [5, 5.41) is 2.13. The van der Waals surface area contributed by atoms with Crippen molar-refractivity contribution in [3.8, 4) is 5.75 Å². The van der Waals surface area contributed by atoms with E-state index in [-0.39, 0.29) is 10.6 Å². The van der Waals surface area contributed by atoms with Crippen LogP contribution in [-0.4, -0.2) is 20.4 Å². The predicted octanol–water partition coefficient (Wildman–Crippen LogP) is 6.26. The highest BCUT2D eigenvalue weighted by molar-refractivity contribution is 7.92. The quantitative estimate of drug-likeness (QED) is 0.362. The van der Waals surface area contributed by atoms with E-state index < -0.39 is 38.8 Å². The summed E-state index contributed by atoms with van der Waals surface area (Å²) in [5.41, 5.74) is -0.246. The molecule has 1 amide bonds. The van der Waals surface area contributed by atoms with Crippen molar-refractivity contribution in [1.82, 2.24) is 0 Å². The maximum absolute atomic E-state index is 13.1. The Labute approximate surface area is 206 Å². The minimum Gasteiger partial charge on any atom is -0.480 e. The standard InChI is InChI=1S/C24H22ClF3N2O4S/c1-3-21(34-22-7-5-4-6-15(22)2)23(31)29-16-8-11-18(12-9-16)35(32,33)30-17-10-13-20(25)19(14-17)24(26,27)28/h4-14,21,30H,3H2,1-2H3,(H,29,31)/t21-/m1/s1. The van der Waals surface area contributed by atoms with Gasteiger partial charge in [0.05, 0.1) is 15.5 Å². The number of hydrogen-bond acceptors (Lipinski definition) is 4. The van der Waals surface area contributed by atoms with Gasteiger partial charge in [-0.25, -0.2) is 8.42 Å². The molecule has 0 saturated heterocycles. The number of aryl methyl sites for hydroxylation is 1. The van der Waals surface area contributed by atoms with Crippen molar-refractivity contribution in [2.75, 3.05) is 10.0 Å². The molecule has 1 atom stereocenters. The van der Waals surface area contributed by atoms with Gasteiger partial charge in [0.1, 0.15) is 5.75 Å². The summed E-state index contributed by atoms with van der Waals surface area (Å²) in [5.74, 6) is 0.170. The molecule has 35 heavy (non-hydrogen) atoms. The van der Waals surface area contributed by atoms with Gasteiger partial charge in [-0.3, -0.25) is 9.52 Å². The maximum atomic E-state index is 13.1. The van der Waals surface area contributed by atoms with Crippen LogP contribution in [0, 0.1) is 6.92 Å². The third kappa shape index (κ3) is 6.67. The van der Waals surface area contributed by atoms with E-state index in [0.29, 0.717) is 23.9 Å². The number of nitrogens with one attached hydrogen (secondary N) is 2. The lowest BCUT2D eigenvalue weighted by Gasteiger charge is -2.18. The number of anilines is 2. The van der Waals surface area contributed by atoms with Crippen LogP contribution in [0.2, 0.25) is 5.02 Å². The molecule has 0 saturated carbocycles. The van der Waals surface area contributed by atoms with E-state index in [1.807, 2.05) is 19.1 Å². The topological polar surface area (TPSA) is 84.5 Å². The lowest BCUT2D eigenvalue weighted by atomic mass is 10.2. The van der Waals surface area contributed by atoms with Crippen LogP contribution in [0.15, 0.2) is 71.6 Å². The smallest absolute Gasteiger partial charge is 0.417 e. The van der Waals surface area contributed by atoms with E-state index in [9.17, 15) is 26.4 Å². The summed E-state index contributed by atoms with van der Waals surface area (Å²) in [4.78, 5) is 12.4. The molecule has 0 heterocycles. The highest BCUT2D eigenvalue weighted by Gasteiger charge is 2.33. The molecule has 6 nitrogen and oxygen atoms in total. The molecule has 0 aromatic heterocycles. The van der Waals surface area contributed by atoms with E-state index in [0.717, 1.165) is 17.7 Å². The zero-order chi connectivity index (χ0) is 25.8. The third-order valence-corrected chi connectivity index (χ3v) is 6.71. The summed E-state index contributed by atoms with van der Waals surface area (Å²) < 4.78 is 72.3. The second-order valence-corrected chi connectivity index (χ2v) is 9.68. The average Bonchev–Trinajstić information content (AvgIpc) is 2.79. The first kappa shape index (κ1) is 26.4. The molecular weight excluding hydrogens is 505 g/mol. The number of carbonyl (C=O) groups excluding carboxylic acids is 1. The fourth-order valence-electron chi connectivity index (χ4n) is 3.12. The van der Waals surface area contributed by atoms with Crippen LogP contribution in [0.3, 0.4) is 0 Å². The van der Waals surface area contributed by atoms with Crippen LogP contribution in [0.25, 0.3) is 0 Å². The number of halogens is 4. The number of amides is 1. The molecule has 3 aromatic carbocycles. The molecule has 3 rings (SSSR count). The number of para-hydroxylation sites is 1. The number of sulfonamides is 1. The first-order valence-electron chi connectivity index (χ1n) is 10.4. The second kappa shape index (κ2) is 10.6. The molecule has 0 fully saturated rings. The first-order valence-corrected chi connectivity index (χ1v) is 12.3. The number of alkyl halides is 3. The Morgan fingerprint density at radius 2 is 1.66 bits per heavy atom. The van der Waals surface area contributed by atoms with Crippen LogP contribution < -0.4 is 14.8 Å². The van der Waals surface area contributed by atoms with Crippen LogP contribution in [0.5, 0.6) is 5.75 Å². The van der Waals surface area contributed by atoms with E-state index in [4.69, 9.17) is 16.3 Å². The molecule has 0 aliphatic heterocycles. The third-order valence-electron chi connectivity index (χ3n) is 4.98. The van der Waals surface area contributed by atoms with Crippen LogP contribution in [0.1, 0.15) is 24.5 Å².